The van der Waals surface area contributed by atoms with Crippen molar-refractivity contribution in [1.29, 1.82) is 0 Å². The van der Waals surface area contributed by atoms with Crippen LogP contribution in [0.15, 0.2) is 24.3 Å². The van der Waals surface area contributed by atoms with Crippen molar-refractivity contribution in [1.82, 2.24) is 9.80 Å². The molecule has 1 heterocycles. The number of carbonyl (C=O) groups is 1. The van der Waals surface area contributed by atoms with Gasteiger partial charge in [0.05, 0.1) is 6.61 Å². The third-order valence-electron chi connectivity index (χ3n) is 4.76. The molecule has 0 spiro atoms. The molecule has 1 aromatic carbocycles. The van der Waals surface area contributed by atoms with Crippen LogP contribution < -0.4 is 4.90 Å². The monoisotopic (exact) mass is 335 g/mol. The number of likely N-dealkylation sites (tertiary alicyclic amines) is 1. The minimum Gasteiger partial charge on any atom is -0.396 e. The van der Waals surface area contributed by atoms with Gasteiger partial charge < -0.3 is 24.9 Å². The quantitative estimate of drug-likeness (QED) is 0.753. The molecule has 0 radical (unpaired) electrons. The Bertz CT molecular complexity index is 533. The second-order valence-electron chi connectivity index (χ2n) is 6.84. The van der Waals surface area contributed by atoms with Crippen LogP contribution in [0.1, 0.15) is 10.4 Å². The molecular formula is C18H29N3O3. The summed E-state index contributed by atoms with van der Waals surface area (Å²) in [6.45, 7) is 2.82. The van der Waals surface area contributed by atoms with Crippen LogP contribution in [0.5, 0.6) is 0 Å². The standard InChI is InChI=1S/C18H29N3O3/c1-19(2)17-6-4-14(5-7-17)18(24)21-11-15(16(12-21)13-23)10-20(3)8-9-22/h4-7,15-16,22-23H,8-13H2,1-3H3/t15-,16-/m1/s1. The molecule has 6 nitrogen and oxygen atoms in total. The second-order valence-corrected chi connectivity index (χ2v) is 6.84. The molecule has 1 saturated heterocycles. The highest BCUT2D eigenvalue weighted by Crippen LogP contribution is 2.26. The highest BCUT2D eigenvalue weighted by molar-refractivity contribution is 5.94. The summed E-state index contributed by atoms with van der Waals surface area (Å²) >= 11 is 0. The van der Waals surface area contributed by atoms with E-state index in [2.05, 4.69) is 0 Å². The lowest BCUT2D eigenvalue weighted by Crippen LogP contribution is -2.33. The highest BCUT2D eigenvalue weighted by Gasteiger charge is 2.35. The smallest absolute Gasteiger partial charge is 0.253 e. The van der Waals surface area contributed by atoms with Crippen molar-refractivity contribution < 1.29 is 15.0 Å². The van der Waals surface area contributed by atoms with Gasteiger partial charge in [-0.3, -0.25) is 4.79 Å². The fourth-order valence-electron chi connectivity index (χ4n) is 3.27. The number of nitrogens with zero attached hydrogens (tertiary/aromatic N) is 3. The number of benzene rings is 1. The van der Waals surface area contributed by atoms with Crippen LogP contribution >= 0.6 is 0 Å². The van der Waals surface area contributed by atoms with Crippen LogP contribution in [0.3, 0.4) is 0 Å². The van der Waals surface area contributed by atoms with Crippen LogP contribution in [-0.2, 0) is 0 Å². The van der Waals surface area contributed by atoms with Gasteiger partial charge >= 0.3 is 0 Å². The summed E-state index contributed by atoms with van der Waals surface area (Å²) in [7, 11) is 5.89. The Hall–Kier alpha value is -1.63. The second kappa shape index (κ2) is 8.46. The van der Waals surface area contributed by atoms with Crippen LogP contribution in [-0.4, -0.2) is 86.5 Å². The Morgan fingerprint density at radius 2 is 1.75 bits per heavy atom. The average molecular weight is 335 g/mol. The first-order valence-electron chi connectivity index (χ1n) is 8.43. The molecular weight excluding hydrogens is 306 g/mol. The van der Waals surface area contributed by atoms with Crippen LogP contribution in [0.4, 0.5) is 5.69 Å². The molecule has 24 heavy (non-hydrogen) atoms. The number of aliphatic hydroxyl groups excluding tert-OH is 2. The van der Waals surface area contributed by atoms with E-state index < -0.39 is 0 Å². The number of likely N-dealkylation sites (N-methyl/N-ethyl adjacent to an activating group) is 1. The molecule has 1 amide bonds. The Kier molecular flexibility index (Phi) is 6.60. The molecule has 2 N–H and O–H groups in total. The molecule has 1 aliphatic rings. The van der Waals surface area contributed by atoms with Crippen LogP contribution in [0.2, 0.25) is 0 Å². The van der Waals surface area contributed by atoms with E-state index in [0.717, 1.165) is 12.2 Å². The zero-order valence-corrected chi connectivity index (χ0v) is 14.9. The third-order valence-corrected chi connectivity index (χ3v) is 4.76. The summed E-state index contributed by atoms with van der Waals surface area (Å²) in [5.41, 5.74) is 1.74. The van der Waals surface area contributed by atoms with E-state index in [9.17, 15) is 9.90 Å². The van der Waals surface area contributed by atoms with E-state index >= 15 is 0 Å². The molecule has 0 aromatic heterocycles. The highest BCUT2D eigenvalue weighted by atomic mass is 16.3. The zero-order valence-electron chi connectivity index (χ0n) is 14.9. The van der Waals surface area contributed by atoms with E-state index in [1.807, 2.05) is 60.1 Å². The van der Waals surface area contributed by atoms with E-state index in [-0.39, 0.29) is 31.0 Å². The largest absolute Gasteiger partial charge is 0.396 e. The number of anilines is 1. The van der Waals surface area contributed by atoms with E-state index in [0.29, 0.717) is 25.2 Å². The van der Waals surface area contributed by atoms with Gasteiger partial charge in [-0.2, -0.15) is 0 Å². The van der Waals surface area contributed by atoms with Crippen LogP contribution in [0.25, 0.3) is 0 Å². The van der Waals surface area contributed by atoms with Crippen molar-refractivity contribution in [2.45, 2.75) is 0 Å². The van der Waals surface area contributed by atoms with Crippen molar-refractivity contribution in [2.24, 2.45) is 11.8 Å². The van der Waals surface area contributed by atoms with E-state index in [1.165, 1.54) is 0 Å². The molecule has 1 aliphatic heterocycles. The average Bonchev–Trinajstić information content (AvgIpc) is 2.97. The van der Waals surface area contributed by atoms with Crippen molar-refractivity contribution in [2.75, 3.05) is 65.4 Å². The summed E-state index contributed by atoms with van der Waals surface area (Å²) in [5, 5.41) is 18.7. The first-order valence-corrected chi connectivity index (χ1v) is 8.43. The Balaban J connectivity index is 2.02. The number of carbonyl (C=O) groups excluding carboxylic acids is 1. The maximum atomic E-state index is 12.7. The topological polar surface area (TPSA) is 67.2 Å². The lowest BCUT2D eigenvalue weighted by atomic mass is 9.96. The summed E-state index contributed by atoms with van der Waals surface area (Å²) in [6.07, 6.45) is 0. The van der Waals surface area contributed by atoms with Gasteiger partial charge in [0.25, 0.3) is 5.91 Å². The Morgan fingerprint density at radius 3 is 2.29 bits per heavy atom. The van der Waals surface area contributed by atoms with Crippen molar-refractivity contribution in [3.63, 3.8) is 0 Å². The minimum atomic E-state index is 0.0195. The number of hydrogen-bond donors (Lipinski definition) is 2. The van der Waals surface area contributed by atoms with Gasteiger partial charge in [-0.05, 0) is 37.2 Å². The minimum absolute atomic E-state index is 0.0195. The molecule has 0 aliphatic carbocycles. The molecule has 134 valence electrons. The lowest BCUT2D eigenvalue weighted by Gasteiger charge is -2.23. The molecule has 0 saturated carbocycles. The van der Waals surface area contributed by atoms with Gasteiger partial charge in [0.1, 0.15) is 0 Å². The van der Waals surface area contributed by atoms with Gasteiger partial charge in [-0.1, -0.05) is 0 Å². The summed E-state index contributed by atoms with van der Waals surface area (Å²) in [4.78, 5) is 18.6. The summed E-state index contributed by atoms with van der Waals surface area (Å²) in [6, 6.07) is 7.60. The van der Waals surface area contributed by atoms with Crippen LogP contribution in [0, 0.1) is 11.8 Å². The molecule has 2 rings (SSSR count). The molecule has 0 bridgehead atoms. The predicted molar refractivity (Wildman–Crippen MR) is 95.3 cm³/mol. The van der Waals surface area contributed by atoms with Crippen molar-refractivity contribution >= 4 is 11.6 Å². The van der Waals surface area contributed by atoms with Gasteiger partial charge in [0.2, 0.25) is 0 Å². The Morgan fingerprint density at radius 1 is 1.12 bits per heavy atom. The number of aliphatic hydroxyl groups is 2. The first-order chi connectivity index (χ1) is 11.5. The molecule has 1 fully saturated rings. The lowest BCUT2D eigenvalue weighted by molar-refractivity contribution is 0.0779. The van der Waals surface area contributed by atoms with Crippen molar-refractivity contribution in [3.05, 3.63) is 29.8 Å². The summed E-state index contributed by atoms with van der Waals surface area (Å²) in [5.74, 6) is 0.346. The predicted octanol–water partition coefficient (Wildman–Crippen LogP) is 0.357. The van der Waals surface area contributed by atoms with E-state index in [4.69, 9.17) is 5.11 Å². The van der Waals surface area contributed by atoms with Crippen molar-refractivity contribution in [3.8, 4) is 0 Å². The number of amides is 1. The third kappa shape index (κ3) is 4.47. The number of rotatable bonds is 7. The maximum Gasteiger partial charge on any atom is 0.253 e. The van der Waals surface area contributed by atoms with E-state index in [1.54, 1.807) is 0 Å². The summed E-state index contributed by atoms with van der Waals surface area (Å²) < 4.78 is 0. The fourth-order valence-corrected chi connectivity index (χ4v) is 3.27. The maximum absolute atomic E-state index is 12.7. The van der Waals surface area contributed by atoms with Gasteiger partial charge in [-0.15, -0.1) is 0 Å². The fraction of sp³-hybridized carbons (Fsp3) is 0.611. The van der Waals surface area contributed by atoms with Gasteiger partial charge in [-0.25, -0.2) is 0 Å². The molecule has 2 atom stereocenters. The molecule has 1 aromatic rings. The number of hydrogen-bond acceptors (Lipinski definition) is 5. The SMILES string of the molecule is CN(CCO)C[C@@H]1CN(C(=O)c2ccc(N(C)C)cc2)C[C@@H]1CO. The molecule has 6 heteroatoms. The Labute approximate surface area is 144 Å². The first kappa shape index (κ1) is 18.7. The zero-order chi connectivity index (χ0) is 17.7. The van der Waals surface area contributed by atoms with Gasteiger partial charge in [0.15, 0.2) is 0 Å². The normalized spacial score (nSPS) is 20.7. The molecule has 0 unspecified atom stereocenters. The van der Waals surface area contributed by atoms with Gasteiger partial charge in [0, 0.05) is 64.0 Å².